The van der Waals surface area contributed by atoms with Gasteiger partial charge in [0.1, 0.15) is 5.69 Å². The number of aromatic nitrogens is 5. The molecule has 27 heavy (non-hydrogen) atoms. The Morgan fingerprint density at radius 2 is 1.96 bits per heavy atom. The molecule has 0 unspecified atom stereocenters. The Morgan fingerprint density at radius 1 is 1.15 bits per heavy atom. The molecule has 1 aliphatic carbocycles. The lowest BCUT2D eigenvalue weighted by Crippen LogP contribution is -2.38. The minimum absolute atomic E-state index is 0.0342. The van der Waals surface area contributed by atoms with E-state index in [-0.39, 0.29) is 23.9 Å². The lowest BCUT2D eigenvalue weighted by molar-refractivity contribution is 0.0715. The summed E-state index contributed by atoms with van der Waals surface area (Å²) in [5, 5.41) is 11.1. The number of amides is 2. The molecule has 1 atom stereocenters. The molecular weight excluding hydrogens is 346 g/mol. The van der Waals surface area contributed by atoms with Crippen molar-refractivity contribution in [3.05, 3.63) is 30.1 Å². The lowest BCUT2D eigenvalue weighted by atomic mass is 10.2. The standard InChI is InChI=1S/C18H25N7O2/c1-23-10-16(19-12-23)18(27)25-8-4-7-14(25)9-24-11-15(21-22-24)17(26)20-13-5-2-3-6-13/h10-14H,2-9H2,1H3,(H,20,26)/t14-/m0/s1. The van der Waals surface area contributed by atoms with Crippen LogP contribution in [0.2, 0.25) is 0 Å². The summed E-state index contributed by atoms with van der Waals surface area (Å²) in [6, 6.07) is 0.288. The second kappa shape index (κ2) is 7.50. The summed E-state index contributed by atoms with van der Waals surface area (Å²) in [5.41, 5.74) is 0.794. The molecule has 1 saturated carbocycles. The van der Waals surface area contributed by atoms with Gasteiger partial charge in [-0.2, -0.15) is 0 Å². The maximum absolute atomic E-state index is 12.7. The number of nitrogens with zero attached hydrogens (tertiary/aromatic N) is 6. The molecule has 9 heteroatoms. The van der Waals surface area contributed by atoms with Crippen molar-refractivity contribution in [3.8, 4) is 0 Å². The minimum atomic E-state index is -0.166. The Bertz CT molecular complexity index is 821. The number of hydrogen-bond acceptors (Lipinski definition) is 5. The lowest BCUT2D eigenvalue weighted by Gasteiger charge is -2.23. The van der Waals surface area contributed by atoms with E-state index in [1.807, 2.05) is 11.9 Å². The number of likely N-dealkylation sites (tertiary alicyclic amines) is 1. The van der Waals surface area contributed by atoms with Crippen molar-refractivity contribution in [1.29, 1.82) is 0 Å². The maximum Gasteiger partial charge on any atom is 0.274 e. The third kappa shape index (κ3) is 3.86. The largest absolute Gasteiger partial charge is 0.348 e. The van der Waals surface area contributed by atoms with E-state index in [0.717, 1.165) is 25.7 Å². The van der Waals surface area contributed by atoms with Gasteiger partial charge in [-0.3, -0.25) is 9.59 Å². The summed E-state index contributed by atoms with van der Waals surface area (Å²) in [6.07, 6.45) is 11.3. The zero-order valence-corrected chi connectivity index (χ0v) is 15.5. The van der Waals surface area contributed by atoms with Gasteiger partial charge < -0.3 is 14.8 Å². The van der Waals surface area contributed by atoms with Crippen LogP contribution in [0.25, 0.3) is 0 Å². The fourth-order valence-corrected chi connectivity index (χ4v) is 4.00. The van der Waals surface area contributed by atoms with Crippen LogP contribution < -0.4 is 5.32 Å². The highest BCUT2D eigenvalue weighted by Crippen LogP contribution is 2.21. The number of hydrogen-bond donors (Lipinski definition) is 1. The molecule has 2 fully saturated rings. The zero-order chi connectivity index (χ0) is 18.8. The van der Waals surface area contributed by atoms with Gasteiger partial charge in [-0.25, -0.2) is 9.67 Å². The normalized spacial score (nSPS) is 20.3. The molecule has 3 heterocycles. The highest BCUT2D eigenvalue weighted by molar-refractivity contribution is 5.92. The van der Waals surface area contributed by atoms with Gasteiger partial charge in [-0.15, -0.1) is 5.10 Å². The van der Waals surface area contributed by atoms with Crippen molar-refractivity contribution in [2.45, 2.75) is 57.2 Å². The molecule has 0 bridgehead atoms. The van der Waals surface area contributed by atoms with Crippen LogP contribution in [0.4, 0.5) is 0 Å². The topological polar surface area (TPSA) is 97.9 Å². The van der Waals surface area contributed by atoms with E-state index in [4.69, 9.17) is 0 Å². The third-order valence-corrected chi connectivity index (χ3v) is 5.42. The summed E-state index contributed by atoms with van der Waals surface area (Å²) in [6.45, 7) is 1.24. The van der Waals surface area contributed by atoms with Crippen LogP contribution in [-0.2, 0) is 13.6 Å². The van der Waals surface area contributed by atoms with Gasteiger partial charge in [-0.1, -0.05) is 18.1 Å². The predicted octanol–water partition coefficient (Wildman–Crippen LogP) is 0.989. The Balaban J connectivity index is 1.39. The van der Waals surface area contributed by atoms with Crippen LogP contribution in [-0.4, -0.2) is 59.9 Å². The molecule has 1 aliphatic heterocycles. The molecule has 1 N–H and O–H groups in total. The number of imidazole rings is 1. The van der Waals surface area contributed by atoms with Crippen LogP contribution in [0.3, 0.4) is 0 Å². The number of rotatable bonds is 5. The van der Waals surface area contributed by atoms with Gasteiger partial charge in [-0.05, 0) is 25.7 Å². The maximum atomic E-state index is 12.7. The molecule has 9 nitrogen and oxygen atoms in total. The van der Waals surface area contributed by atoms with E-state index in [1.165, 1.54) is 12.8 Å². The molecule has 2 aromatic heterocycles. The average Bonchev–Trinajstić information content (AvgIpc) is 3.42. The first-order chi connectivity index (χ1) is 13.1. The van der Waals surface area contributed by atoms with Crippen LogP contribution in [0, 0.1) is 0 Å². The molecule has 1 saturated heterocycles. The molecule has 0 radical (unpaired) electrons. The Hall–Kier alpha value is -2.71. The monoisotopic (exact) mass is 371 g/mol. The summed E-state index contributed by atoms with van der Waals surface area (Å²) < 4.78 is 3.43. The Kier molecular flexibility index (Phi) is 4.91. The molecule has 4 rings (SSSR count). The van der Waals surface area contributed by atoms with E-state index >= 15 is 0 Å². The first kappa shape index (κ1) is 17.7. The molecular formula is C18H25N7O2. The molecule has 0 aromatic carbocycles. The molecule has 2 amide bonds. The van der Waals surface area contributed by atoms with Gasteiger partial charge >= 0.3 is 0 Å². The van der Waals surface area contributed by atoms with Crippen LogP contribution in [0.1, 0.15) is 59.5 Å². The van der Waals surface area contributed by atoms with Gasteiger partial charge in [0.15, 0.2) is 5.69 Å². The quantitative estimate of drug-likeness (QED) is 0.845. The summed E-state index contributed by atoms with van der Waals surface area (Å²) >= 11 is 0. The van der Waals surface area contributed by atoms with Crippen molar-refractivity contribution >= 4 is 11.8 Å². The number of carbonyl (C=O) groups excluding carboxylic acids is 2. The van der Waals surface area contributed by atoms with Crippen LogP contribution in [0.15, 0.2) is 18.7 Å². The Morgan fingerprint density at radius 3 is 2.70 bits per heavy atom. The molecule has 2 aliphatic rings. The smallest absolute Gasteiger partial charge is 0.274 e. The van der Waals surface area contributed by atoms with Crippen molar-refractivity contribution in [3.63, 3.8) is 0 Å². The number of nitrogens with one attached hydrogen (secondary N) is 1. The SMILES string of the molecule is Cn1cnc(C(=O)N2CCC[C@H]2Cn2cc(C(=O)NC3CCCC3)nn2)c1. The van der Waals surface area contributed by atoms with E-state index in [2.05, 4.69) is 20.6 Å². The fraction of sp³-hybridized carbons (Fsp3) is 0.611. The zero-order valence-electron chi connectivity index (χ0n) is 15.5. The number of aryl methyl sites for hydroxylation is 1. The van der Waals surface area contributed by atoms with Crippen molar-refractivity contribution in [2.24, 2.45) is 7.05 Å². The van der Waals surface area contributed by atoms with Crippen molar-refractivity contribution < 1.29 is 9.59 Å². The minimum Gasteiger partial charge on any atom is -0.348 e. The van der Waals surface area contributed by atoms with Gasteiger partial charge in [0.05, 0.1) is 25.1 Å². The fourth-order valence-electron chi connectivity index (χ4n) is 4.00. The number of carbonyl (C=O) groups is 2. The van der Waals surface area contributed by atoms with Gasteiger partial charge in [0.25, 0.3) is 11.8 Å². The molecule has 2 aromatic rings. The highest BCUT2D eigenvalue weighted by atomic mass is 16.2. The van der Waals surface area contributed by atoms with E-state index in [9.17, 15) is 9.59 Å². The summed E-state index contributed by atoms with van der Waals surface area (Å²) in [5.74, 6) is -0.224. The van der Waals surface area contributed by atoms with Crippen LogP contribution in [0.5, 0.6) is 0 Å². The first-order valence-corrected chi connectivity index (χ1v) is 9.60. The van der Waals surface area contributed by atoms with E-state index in [1.54, 1.807) is 28.0 Å². The van der Waals surface area contributed by atoms with E-state index in [0.29, 0.717) is 24.5 Å². The van der Waals surface area contributed by atoms with E-state index < -0.39 is 0 Å². The first-order valence-electron chi connectivity index (χ1n) is 9.60. The predicted molar refractivity (Wildman–Crippen MR) is 97.0 cm³/mol. The van der Waals surface area contributed by atoms with Gasteiger partial charge in [0, 0.05) is 25.8 Å². The third-order valence-electron chi connectivity index (χ3n) is 5.42. The van der Waals surface area contributed by atoms with Crippen molar-refractivity contribution in [1.82, 2.24) is 34.8 Å². The Labute approximate surface area is 157 Å². The second-order valence-corrected chi connectivity index (χ2v) is 7.50. The molecule has 144 valence electrons. The average molecular weight is 371 g/mol. The summed E-state index contributed by atoms with van der Waals surface area (Å²) in [4.78, 5) is 31.0. The second-order valence-electron chi connectivity index (χ2n) is 7.50. The molecule has 0 spiro atoms. The van der Waals surface area contributed by atoms with Crippen molar-refractivity contribution in [2.75, 3.05) is 6.54 Å². The van der Waals surface area contributed by atoms with Gasteiger partial charge in [0.2, 0.25) is 0 Å². The summed E-state index contributed by atoms with van der Waals surface area (Å²) in [7, 11) is 1.85. The van der Waals surface area contributed by atoms with Crippen LogP contribution >= 0.6 is 0 Å². The highest BCUT2D eigenvalue weighted by Gasteiger charge is 2.31.